The van der Waals surface area contributed by atoms with Gasteiger partial charge in [-0.2, -0.15) is 0 Å². The van der Waals surface area contributed by atoms with Crippen molar-refractivity contribution >= 4 is 0 Å². The average Bonchev–Trinajstić information content (AvgIpc) is 3.32. The summed E-state index contributed by atoms with van der Waals surface area (Å²) in [6.45, 7) is 2.97. The summed E-state index contributed by atoms with van der Waals surface area (Å²) in [7, 11) is 0. The average molecular weight is 266 g/mol. The van der Waals surface area contributed by atoms with Crippen molar-refractivity contribution in [1.82, 2.24) is 19.9 Å². The van der Waals surface area contributed by atoms with E-state index in [0.29, 0.717) is 5.92 Å². The normalized spacial score (nSPS) is 18.8. The van der Waals surface area contributed by atoms with E-state index in [1.165, 1.54) is 29.7 Å². The second-order valence-corrected chi connectivity index (χ2v) is 5.80. The summed E-state index contributed by atoms with van der Waals surface area (Å²) in [6, 6.07) is 4.14. The molecule has 2 aromatic heterocycles. The molecule has 3 heterocycles. The van der Waals surface area contributed by atoms with Crippen molar-refractivity contribution in [2.24, 2.45) is 0 Å². The van der Waals surface area contributed by atoms with Crippen LogP contribution in [0.25, 0.3) is 0 Å². The van der Waals surface area contributed by atoms with E-state index in [1.807, 2.05) is 18.5 Å². The number of hydrogen-bond donors (Lipinski definition) is 0. The van der Waals surface area contributed by atoms with Crippen LogP contribution in [0.4, 0.5) is 0 Å². The van der Waals surface area contributed by atoms with Crippen LogP contribution in [-0.2, 0) is 19.5 Å². The third-order valence-corrected chi connectivity index (χ3v) is 4.12. The molecular weight excluding hydrogens is 248 g/mol. The molecule has 2 aromatic rings. The lowest BCUT2D eigenvalue weighted by Crippen LogP contribution is -2.31. The second-order valence-electron chi connectivity index (χ2n) is 5.80. The SMILES string of the molecule is c1cncc(CN2CCc3cnc(C4CC4)nc3C2)c1. The minimum absolute atomic E-state index is 0.633. The quantitative estimate of drug-likeness (QED) is 0.855. The zero-order valence-corrected chi connectivity index (χ0v) is 11.5. The third kappa shape index (κ3) is 2.43. The summed E-state index contributed by atoms with van der Waals surface area (Å²) in [5.74, 6) is 1.70. The van der Waals surface area contributed by atoms with E-state index in [-0.39, 0.29) is 0 Å². The Bertz CT molecular complexity index is 607. The molecule has 1 aliphatic heterocycles. The van der Waals surface area contributed by atoms with Crippen LogP contribution in [0.3, 0.4) is 0 Å². The fraction of sp³-hybridized carbons (Fsp3) is 0.438. The molecule has 102 valence electrons. The van der Waals surface area contributed by atoms with Gasteiger partial charge in [-0.05, 0) is 36.5 Å². The third-order valence-electron chi connectivity index (χ3n) is 4.12. The van der Waals surface area contributed by atoms with Gasteiger partial charge in [-0.1, -0.05) is 6.07 Å². The molecule has 0 spiro atoms. The van der Waals surface area contributed by atoms with E-state index >= 15 is 0 Å². The Morgan fingerprint density at radius 1 is 1.25 bits per heavy atom. The molecule has 4 rings (SSSR count). The highest BCUT2D eigenvalue weighted by atomic mass is 15.1. The predicted octanol–water partition coefficient (Wildman–Crippen LogP) is 2.31. The number of rotatable bonds is 3. The zero-order valence-electron chi connectivity index (χ0n) is 11.5. The van der Waals surface area contributed by atoms with Crippen molar-refractivity contribution < 1.29 is 0 Å². The first-order valence-electron chi connectivity index (χ1n) is 7.34. The molecular formula is C16H18N4. The van der Waals surface area contributed by atoms with Crippen LogP contribution in [0.5, 0.6) is 0 Å². The maximum absolute atomic E-state index is 4.80. The van der Waals surface area contributed by atoms with Crippen LogP contribution >= 0.6 is 0 Å². The van der Waals surface area contributed by atoms with Crippen LogP contribution < -0.4 is 0 Å². The molecule has 4 heteroatoms. The van der Waals surface area contributed by atoms with Gasteiger partial charge in [0, 0.05) is 44.1 Å². The smallest absolute Gasteiger partial charge is 0.131 e. The van der Waals surface area contributed by atoms with Gasteiger partial charge in [-0.3, -0.25) is 9.88 Å². The van der Waals surface area contributed by atoms with E-state index < -0.39 is 0 Å². The van der Waals surface area contributed by atoms with Crippen molar-refractivity contribution in [3.8, 4) is 0 Å². The molecule has 0 bridgehead atoms. The Morgan fingerprint density at radius 3 is 3.00 bits per heavy atom. The van der Waals surface area contributed by atoms with Gasteiger partial charge >= 0.3 is 0 Å². The van der Waals surface area contributed by atoms with Crippen molar-refractivity contribution in [1.29, 1.82) is 0 Å². The monoisotopic (exact) mass is 266 g/mol. The van der Waals surface area contributed by atoms with E-state index in [0.717, 1.165) is 31.9 Å². The van der Waals surface area contributed by atoms with Gasteiger partial charge in [0.2, 0.25) is 0 Å². The van der Waals surface area contributed by atoms with Gasteiger partial charge in [-0.25, -0.2) is 9.97 Å². The van der Waals surface area contributed by atoms with Gasteiger partial charge in [0.15, 0.2) is 0 Å². The molecule has 0 N–H and O–H groups in total. The number of hydrogen-bond acceptors (Lipinski definition) is 4. The molecule has 0 saturated heterocycles. The highest BCUT2D eigenvalue weighted by Crippen LogP contribution is 2.38. The van der Waals surface area contributed by atoms with Crippen LogP contribution in [0.15, 0.2) is 30.7 Å². The highest BCUT2D eigenvalue weighted by molar-refractivity contribution is 5.23. The van der Waals surface area contributed by atoms with E-state index in [2.05, 4.69) is 27.1 Å². The molecule has 0 radical (unpaired) electrons. The molecule has 0 unspecified atom stereocenters. The maximum atomic E-state index is 4.80. The molecule has 1 aliphatic carbocycles. The Hall–Kier alpha value is -1.81. The van der Waals surface area contributed by atoms with E-state index in [4.69, 9.17) is 4.98 Å². The predicted molar refractivity (Wildman–Crippen MR) is 76.1 cm³/mol. The highest BCUT2D eigenvalue weighted by Gasteiger charge is 2.28. The molecule has 0 amide bonds. The standard InChI is InChI=1S/C16H18N4/c1-2-12(8-17-6-1)10-20-7-5-14-9-18-16(13-3-4-13)19-15(14)11-20/h1-2,6,8-9,13H,3-5,7,10-11H2. The summed E-state index contributed by atoms with van der Waals surface area (Å²) in [5.41, 5.74) is 3.83. The molecule has 1 saturated carbocycles. The summed E-state index contributed by atoms with van der Waals surface area (Å²) in [6.07, 6.45) is 9.41. The van der Waals surface area contributed by atoms with Gasteiger partial charge in [-0.15, -0.1) is 0 Å². The fourth-order valence-electron chi connectivity index (χ4n) is 2.80. The number of aromatic nitrogens is 3. The summed E-state index contributed by atoms with van der Waals surface area (Å²) < 4.78 is 0. The number of fused-ring (bicyclic) bond motifs is 1. The first-order chi connectivity index (χ1) is 9.88. The summed E-state index contributed by atoms with van der Waals surface area (Å²) in [5, 5.41) is 0. The fourth-order valence-corrected chi connectivity index (χ4v) is 2.80. The van der Waals surface area contributed by atoms with E-state index in [9.17, 15) is 0 Å². The van der Waals surface area contributed by atoms with E-state index in [1.54, 1.807) is 0 Å². The van der Waals surface area contributed by atoms with Gasteiger partial charge in [0.05, 0.1) is 5.69 Å². The van der Waals surface area contributed by atoms with Crippen LogP contribution in [0.1, 0.15) is 41.4 Å². The Labute approximate surface area is 118 Å². The molecule has 4 nitrogen and oxygen atoms in total. The van der Waals surface area contributed by atoms with Crippen LogP contribution in [0.2, 0.25) is 0 Å². The summed E-state index contributed by atoms with van der Waals surface area (Å²) >= 11 is 0. The van der Waals surface area contributed by atoms with Crippen LogP contribution in [0, 0.1) is 0 Å². The largest absolute Gasteiger partial charge is 0.293 e. The first kappa shape index (κ1) is 12.0. The lowest BCUT2D eigenvalue weighted by Gasteiger charge is -2.27. The van der Waals surface area contributed by atoms with Crippen molar-refractivity contribution in [3.63, 3.8) is 0 Å². The van der Waals surface area contributed by atoms with Crippen molar-refractivity contribution in [2.45, 2.75) is 38.3 Å². The molecule has 1 fully saturated rings. The van der Waals surface area contributed by atoms with Crippen LogP contribution in [-0.4, -0.2) is 26.4 Å². The van der Waals surface area contributed by atoms with Crippen molar-refractivity contribution in [3.05, 3.63) is 53.4 Å². The molecule has 0 atom stereocenters. The molecule has 0 aromatic carbocycles. The first-order valence-corrected chi connectivity index (χ1v) is 7.34. The summed E-state index contributed by atoms with van der Waals surface area (Å²) in [4.78, 5) is 16.0. The van der Waals surface area contributed by atoms with Gasteiger partial charge in [0.25, 0.3) is 0 Å². The number of pyridine rings is 1. The Kier molecular flexibility index (Phi) is 2.96. The van der Waals surface area contributed by atoms with Gasteiger partial charge < -0.3 is 0 Å². The minimum Gasteiger partial charge on any atom is -0.293 e. The zero-order chi connectivity index (χ0) is 13.4. The lowest BCUT2D eigenvalue weighted by molar-refractivity contribution is 0.240. The molecule has 2 aliphatic rings. The maximum Gasteiger partial charge on any atom is 0.131 e. The molecule has 20 heavy (non-hydrogen) atoms. The lowest BCUT2D eigenvalue weighted by atomic mass is 10.1. The second kappa shape index (κ2) is 4.94. The van der Waals surface area contributed by atoms with Crippen molar-refractivity contribution in [2.75, 3.05) is 6.54 Å². The number of nitrogens with zero attached hydrogens (tertiary/aromatic N) is 4. The Morgan fingerprint density at radius 2 is 2.20 bits per heavy atom. The topological polar surface area (TPSA) is 41.9 Å². The minimum atomic E-state index is 0.633. The Balaban J connectivity index is 1.51. The van der Waals surface area contributed by atoms with Gasteiger partial charge in [0.1, 0.15) is 5.82 Å².